The van der Waals surface area contributed by atoms with Crippen LogP contribution in [-0.2, 0) is 17.9 Å². The molecule has 0 aliphatic rings. The van der Waals surface area contributed by atoms with Gasteiger partial charge in [-0.3, -0.25) is 0 Å². The van der Waals surface area contributed by atoms with E-state index >= 15 is 0 Å². The van der Waals surface area contributed by atoms with Gasteiger partial charge in [0.2, 0.25) is 0 Å². The first-order valence-electron chi connectivity index (χ1n) is 5.89. The molecule has 0 spiro atoms. The maximum atomic E-state index is 10.6. The van der Waals surface area contributed by atoms with Crippen LogP contribution in [0, 0.1) is 0 Å². The Bertz CT molecular complexity index is 584. The van der Waals surface area contributed by atoms with Crippen molar-refractivity contribution in [3.8, 4) is 11.1 Å². The molecule has 2 rings (SSSR count). The van der Waals surface area contributed by atoms with Crippen LogP contribution in [0.1, 0.15) is 11.1 Å². The zero-order valence-corrected chi connectivity index (χ0v) is 11.1. The number of ether oxygens (including phenoxy) is 1. The first-order valence-corrected chi connectivity index (χ1v) is 6.27. The highest BCUT2D eigenvalue weighted by atomic mass is 35.5. The molecule has 0 aromatic heterocycles. The molecule has 0 radical (unpaired) electrons. The van der Waals surface area contributed by atoms with Crippen LogP contribution in [0.5, 0.6) is 0 Å². The zero-order chi connectivity index (χ0) is 13.7. The van der Waals surface area contributed by atoms with Crippen molar-refractivity contribution in [1.29, 1.82) is 0 Å². The molecule has 0 saturated carbocycles. The van der Waals surface area contributed by atoms with Crippen LogP contribution < -0.4 is 5.73 Å². The standard InChI is InChI=1S/C15H14ClNO2/c16-15(18)19-10-12-4-2-6-14(8-12)13-5-1-3-11(7-13)9-17/h1-8H,9-10,17H2. The Balaban J connectivity index is 2.24. The van der Waals surface area contributed by atoms with E-state index in [0.29, 0.717) is 6.54 Å². The average Bonchev–Trinajstić information content (AvgIpc) is 2.45. The van der Waals surface area contributed by atoms with E-state index < -0.39 is 5.43 Å². The lowest BCUT2D eigenvalue weighted by Gasteiger charge is -2.07. The van der Waals surface area contributed by atoms with Crippen LogP contribution in [-0.4, -0.2) is 5.43 Å². The highest BCUT2D eigenvalue weighted by Gasteiger charge is 2.02. The molecule has 0 aliphatic carbocycles. The molecule has 2 N–H and O–H groups in total. The van der Waals surface area contributed by atoms with E-state index in [4.69, 9.17) is 22.1 Å². The van der Waals surface area contributed by atoms with Crippen LogP contribution >= 0.6 is 11.6 Å². The van der Waals surface area contributed by atoms with Gasteiger partial charge < -0.3 is 10.5 Å². The fraction of sp³-hybridized carbons (Fsp3) is 0.133. The highest BCUT2D eigenvalue weighted by Crippen LogP contribution is 2.22. The molecule has 98 valence electrons. The predicted octanol–water partition coefficient (Wildman–Crippen LogP) is 3.69. The number of carbonyl (C=O) groups excluding carboxylic acids is 1. The van der Waals surface area contributed by atoms with Gasteiger partial charge in [-0.15, -0.1) is 0 Å². The van der Waals surface area contributed by atoms with Gasteiger partial charge in [-0.25, -0.2) is 4.79 Å². The number of rotatable bonds is 4. The topological polar surface area (TPSA) is 52.3 Å². The van der Waals surface area contributed by atoms with Crippen molar-refractivity contribution < 1.29 is 9.53 Å². The van der Waals surface area contributed by atoms with Crippen LogP contribution in [0.25, 0.3) is 11.1 Å². The van der Waals surface area contributed by atoms with Crippen LogP contribution in [0.4, 0.5) is 4.79 Å². The molecule has 19 heavy (non-hydrogen) atoms. The third-order valence-corrected chi connectivity index (χ3v) is 2.88. The molecule has 2 aromatic carbocycles. The quantitative estimate of drug-likeness (QED) is 0.866. The number of halogens is 1. The van der Waals surface area contributed by atoms with Crippen molar-refractivity contribution in [3.63, 3.8) is 0 Å². The molecule has 4 heteroatoms. The second-order valence-corrected chi connectivity index (χ2v) is 4.44. The van der Waals surface area contributed by atoms with Gasteiger partial charge in [-0.2, -0.15) is 0 Å². The second-order valence-electron chi connectivity index (χ2n) is 4.13. The van der Waals surface area contributed by atoms with Gasteiger partial charge in [0.1, 0.15) is 6.61 Å². The van der Waals surface area contributed by atoms with Gasteiger partial charge in [0.15, 0.2) is 0 Å². The van der Waals surface area contributed by atoms with E-state index in [0.717, 1.165) is 22.3 Å². The monoisotopic (exact) mass is 275 g/mol. The van der Waals surface area contributed by atoms with E-state index in [2.05, 4.69) is 0 Å². The summed E-state index contributed by atoms with van der Waals surface area (Å²) in [5.74, 6) is 0. The summed E-state index contributed by atoms with van der Waals surface area (Å²) >= 11 is 5.15. The maximum Gasteiger partial charge on any atom is 0.404 e. The number of carbonyl (C=O) groups is 1. The molecule has 0 fully saturated rings. The summed E-state index contributed by atoms with van der Waals surface area (Å²) < 4.78 is 4.77. The Kier molecular flexibility index (Phi) is 4.55. The largest absolute Gasteiger partial charge is 0.449 e. The van der Waals surface area contributed by atoms with Crippen LogP contribution in [0.15, 0.2) is 48.5 Å². The SMILES string of the molecule is NCc1cccc(-c2cccc(COC(=O)Cl)c2)c1. The van der Waals surface area contributed by atoms with Crippen molar-refractivity contribution in [3.05, 3.63) is 59.7 Å². The van der Waals surface area contributed by atoms with Crippen molar-refractivity contribution in [2.24, 2.45) is 5.73 Å². The van der Waals surface area contributed by atoms with E-state index in [1.165, 1.54) is 0 Å². The van der Waals surface area contributed by atoms with Gasteiger partial charge in [0.05, 0.1) is 0 Å². The molecule has 3 nitrogen and oxygen atoms in total. The van der Waals surface area contributed by atoms with E-state index in [1.807, 2.05) is 48.5 Å². The molecule has 0 heterocycles. The summed E-state index contributed by atoms with van der Waals surface area (Å²) in [7, 11) is 0. The highest BCUT2D eigenvalue weighted by molar-refractivity contribution is 6.61. The minimum atomic E-state index is -0.796. The normalized spacial score (nSPS) is 10.2. The zero-order valence-electron chi connectivity index (χ0n) is 10.3. The van der Waals surface area contributed by atoms with Crippen molar-refractivity contribution in [1.82, 2.24) is 0 Å². The van der Waals surface area contributed by atoms with Gasteiger partial charge in [0.25, 0.3) is 0 Å². The Morgan fingerprint density at radius 2 is 1.63 bits per heavy atom. The molecule has 0 saturated heterocycles. The molecule has 0 bridgehead atoms. The smallest absolute Gasteiger partial charge is 0.404 e. The number of hydrogen-bond acceptors (Lipinski definition) is 3. The molecule has 2 aromatic rings. The molecule has 0 atom stereocenters. The summed E-state index contributed by atoms with van der Waals surface area (Å²) in [6.07, 6.45) is 0. The maximum absolute atomic E-state index is 10.6. The molecular weight excluding hydrogens is 262 g/mol. The lowest BCUT2D eigenvalue weighted by Crippen LogP contribution is -1.96. The predicted molar refractivity (Wildman–Crippen MR) is 75.8 cm³/mol. The summed E-state index contributed by atoms with van der Waals surface area (Å²) in [4.78, 5) is 10.6. The van der Waals surface area contributed by atoms with Gasteiger partial charge in [0, 0.05) is 18.1 Å². The van der Waals surface area contributed by atoms with E-state index in [-0.39, 0.29) is 6.61 Å². The minimum absolute atomic E-state index is 0.173. The first kappa shape index (κ1) is 13.6. The van der Waals surface area contributed by atoms with Crippen LogP contribution in [0.2, 0.25) is 0 Å². The lowest BCUT2D eigenvalue weighted by molar-refractivity contribution is 0.167. The first-order chi connectivity index (χ1) is 9.19. The molecule has 0 unspecified atom stereocenters. The summed E-state index contributed by atoms with van der Waals surface area (Å²) in [6.45, 7) is 0.685. The second kappa shape index (κ2) is 6.36. The fourth-order valence-electron chi connectivity index (χ4n) is 1.86. The van der Waals surface area contributed by atoms with Gasteiger partial charge in [-0.1, -0.05) is 36.4 Å². The van der Waals surface area contributed by atoms with Crippen LogP contribution in [0.3, 0.4) is 0 Å². The van der Waals surface area contributed by atoms with Crippen molar-refractivity contribution in [2.75, 3.05) is 0 Å². The lowest BCUT2D eigenvalue weighted by atomic mass is 10.0. The van der Waals surface area contributed by atoms with Gasteiger partial charge in [-0.05, 0) is 34.4 Å². The third kappa shape index (κ3) is 3.81. The third-order valence-electron chi connectivity index (χ3n) is 2.78. The van der Waals surface area contributed by atoms with Gasteiger partial charge >= 0.3 is 5.43 Å². The Labute approximate surface area is 117 Å². The average molecular weight is 276 g/mol. The molecule has 0 aliphatic heterocycles. The Hall–Kier alpha value is -1.84. The fourth-order valence-corrected chi connectivity index (χ4v) is 1.91. The summed E-state index contributed by atoms with van der Waals surface area (Å²) in [5, 5.41) is 0. The van der Waals surface area contributed by atoms with Crippen molar-refractivity contribution in [2.45, 2.75) is 13.2 Å². The van der Waals surface area contributed by atoms with E-state index in [1.54, 1.807) is 0 Å². The Morgan fingerprint density at radius 3 is 2.21 bits per heavy atom. The van der Waals surface area contributed by atoms with E-state index in [9.17, 15) is 4.79 Å². The number of hydrogen-bond donors (Lipinski definition) is 1. The summed E-state index contributed by atoms with van der Waals surface area (Å²) in [6, 6.07) is 15.8. The molecular formula is C15H14ClNO2. The number of benzene rings is 2. The minimum Gasteiger partial charge on any atom is -0.449 e. The van der Waals surface area contributed by atoms with Crippen molar-refractivity contribution >= 4 is 17.0 Å². The summed E-state index contributed by atoms with van der Waals surface area (Å²) in [5.41, 5.74) is 8.95. The Morgan fingerprint density at radius 1 is 1.05 bits per heavy atom. The molecule has 0 amide bonds. The number of nitrogens with two attached hydrogens (primary N) is 1.